The number of aromatic nitrogens is 2. The number of rotatable bonds is 7. The predicted octanol–water partition coefficient (Wildman–Crippen LogP) is 4.03. The molecule has 8 nitrogen and oxygen atoms in total. The molecule has 0 aliphatic heterocycles. The SMILES string of the molecule is COc1ccc(NS(=O)(=O)c2ccc(N=Cc3c(C)[nH]n(-c4ccccc4)c3=O)cc2)cc1. The van der Waals surface area contributed by atoms with Gasteiger partial charge in [-0.3, -0.25) is 19.6 Å². The zero-order chi connectivity index (χ0) is 23.4. The number of ether oxygens (including phenoxy) is 1. The van der Waals surface area contributed by atoms with E-state index in [-0.39, 0.29) is 10.5 Å². The van der Waals surface area contributed by atoms with E-state index in [1.165, 1.54) is 23.0 Å². The summed E-state index contributed by atoms with van der Waals surface area (Å²) in [5.41, 5.74) is 2.56. The Morgan fingerprint density at radius 2 is 1.64 bits per heavy atom. The second kappa shape index (κ2) is 9.17. The zero-order valence-electron chi connectivity index (χ0n) is 18.0. The number of anilines is 1. The van der Waals surface area contributed by atoms with Crippen molar-refractivity contribution in [3.05, 3.63) is 100 Å². The Balaban J connectivity index is 1.52. The average molecular weight is 463 g/mol. The van der Waals surface area contributed by atoms with Gasteiger partial charge in [0, 0.05) is 17.6 Å². The molecule has 0 fully saturated rings. The number of hydrogen-bond acceptors (Lipinski definition) is 5. The number of aromatic amines is 1. The molecule has 0 aliphatic rings. The summed E-state index contributed by atoms with van der Waals surface area (Å²) >= 11 is 0. The Labute approximate surface area is 191 Å². The maximum atomic E-state index is 12.8. The third kappa shape index (κ3) is 4.88. The monoisotopic (exact) mass is 462 g/mol. The summed E-state index contributed by atoms with van der Waals surface area (Å²) in [7, 11) is -2.22. The van der Waals surface area contributed by atoms with Crippen molar-refractivity contribution in [2.75, 3.05) is 11.8 Å². The molecule has 0 saturated carbocycles. The maximum absolute atomic E-state index is 12.8. The highest BCUT2D eigenvalue weighted by atomic mass is 32.2. The standard InChI is InChI=1S/C24H22N4O4S/c1-17-23(24(29)28(26-17)20-6-4-3-5-7-20)16-25-18-10-14-22(15-11-18)33(30,31)27-19-8-12-21(32-2)13-9-19/h3-16,26-27H,1-2H3. The highest BCUT2D eigenvalue weighted by Crippen LogP contribution is 2.21. The third-order valence-corrected chi connectivity index (χ3v) is 6.36. The molecule has 0 unspecified atom stereocenters. The molecule has 0 atom stereocenters. The van der Waals surface area contributed by atoms with Crippen molar-refractivity contribution in [3.8, 4) is 11.4 Å². The first-order valence-electron chi connectivity index (χ1n) is 10.1. The van der Waals surface area contributed by atoms with Crippen LogP contribution < -0.4 is 15.0 Å². The minimum absolute atomic E-state index is 0.0986. The summed E-state index contributed by atoms with van der Waals surface area (Å²) < 4.78 is 34.3. The van der Waals surface area contributed by atoms with Crippen LogP contribution in [-0.2, 0) is 10.0 Å². The van der Waals surface area contributed by atoms with Gasteiger partial charge in [0.1, 0.15) is 5.75 Å². The van der Waals surface area contributed by atoms with Gasteiger partial charge in [-0.15, -0.1) is 0 Å². The molecular weight excluding hydrogens is 440 g/mol. The van der Waals surface area contributed by atoms with E-state index in [0.29, 0.717) is 28.4 Å². The molecule has 33 heavy (non-hydrogen) atoms. The van der Waals surface area contributed by atoms with E-state index in [2.05, 4.69) is 14.8 Å². The summed E-state index contributed by atoms with van der Waals surface area (Å²) in [5.74, 6) is 0.633. The van der Waals surface area contributed by atoms with Gasteiger partial charge in [0.15, 0.2) is 0 Å². The Bertz CT molecular complexity index is 1440. The Morgan fingerprint density at radius 3 is 2.27 bits per heavy atom. The van der Waals surface area contributed by atoms with Crippen LogP contribution >= 0.6 is 0 Å². The van der Waals surface area contributed by atoms with E-state index in [1.807, 2.05) is 30.3 Å². The van der Waals surface area contributed by atoms with Crippen molar-refractivity contribution in [3.63, 3.8) is 0 Å². The van der Waals surface area contributed by atoms with Crippen molar-refractivity contribution in [2.45, 2.75) is 11.8 Å². The molecule has 4 rings (SSSR count). The molecule has 3 aromatic carbocycles. The number of aryl methyl sites for hydroxylation is 1. The molecule has 0 aliphatic carbocycles. The molecule has 1 heterocycles. The van der Waals surface area contributed by atoms with Crippen LogP contribution in [0.15, 0.2) is 93.5 Å². The second-order valence-corrected chi connectivity index (χ2v) is 8.90. The highest BCUT2D eigenvalue weighted by Gasteiger charge is 2.14. The van der Waals surface area contributed by atoms with Crippen LogP contribution in [0.3, 0.4) is 0 Å². The minimum atomic E-state index is -3.76. The number of methoxy groups -OCH3 is 1. The minimum Gasteiger partial charge on any atom is -0.497 e. The van der Waals surface area contributed by atoms with Gasteiger partial charge in [0.2, 0.25) is 0 Å². The largest absolute Gasteiger partial charge is 0.497 e. The van der Waals surface area contributed by atoms with Gasteiger partial charge in [-0.05, 0) is 67.6 Å². The Hall–Kier alpha value is -4.11. The fourth-order valence-corrected chi connectivity index (χ4v) is 4.25. The summed E-state index contributed by atoms with van der Waals surface area (Å²) in [4.78, 5) is 17.2. The molecule has 4 aromatic rings. The first-order chi connectivity index (χ1) is 15.9. The van der Waals surface area contributed by atoms with E-state index in [9.17, 15) is 13.2 Å². The molecule has 0 amide bonds. The third-order valence-electron chi connectivity index (χ3n) is 4.96. The van der Waals surface area contributed by atoms with Crippen LogP contribution in [0.25, 0.3) is 5.69 Å². The number of sulfonamides is 1. The molecule has 168 valence electrons. The molecule has 0 spiro atoms. The molecule has 0 bridgehead atoms. The lowest BCUT2D eigenvalue weighted by molar-refractivity contribution is 0.415. The van der Waals surface area contributed by atoms with Crippen LogP contribution in [0.5, 0.6) is 5.75 Å². The lowest BCUT2D eigenvalue weighted by Gasteiger charge is -2.09. The maximum Gasteiger partial charge on any atom is 0.280 e. The van der Waals surface area contributed by atoms with Gasteiger partial charge in [-0.25, -0.2) is 13.1 Å². The number of H-pyrrole nitrogens is 1. The lowest BCUT2D eigenvalue weighted by atomic mass is 10.2. The first kappa shape index (κ1) is 22.1. The van der Waals surface area contributed by atoms with Crippen LogP contribution in [-0.4, -0.2) is 31.5 Å². The van der Waals surface area contributed by atoms with Crippen molar-refractivity contribution in [1.82, 2.24) is 9.78 Å². The first-order valence-corrected chi connectivity index (χ1v) is 11.5. The van der Waals surface area contributed by atoms with E-state index in [4.69, 9.17) is 4.74 Å². The normalized spacial score (nSPS) is 11.6. The second-order valence-electron chi connectivity index (χ2n) is 7.21. The average Bonchev–Trinajstić information content (AvgIpc) is 3.12. The smallest absolute Gasteiger partial charge is 0.280 e. The van der Waals surface area contributed by atoms with Crippen molar-refractivity contribution in [2.24, 2.45) is 4.99 Å². The van der Waals surface area contributed by atoms with Crippen molar-refractivity contribution >= 4 is 27.6 Å². The fourth-order valence-electron chi connectivity index (χ4n) is 3.19. The molecule has 9 heteroatoms. The number of hydrogen-bond donors (Lipinski definition) is 2. The lowest BCUT2D eigenvalue weighted by Crippen LogP contribution is -2.17. The number of nitrogens with zero attached hydrogens (tertiary/aromatic N) is 2. The topological polar surface area (TPSA) is 106 Å². The van der Waals surface area contributed by atoms with E-state index < -0.39 is 10.0 Å². The van der Waals surface area contributed by atoms with Crippen molar-refractivity contribution < 1.29 is 13.2 Å². The van der Waals surface area contributed by atoms with Crippen LogP contribution in [0, 0.1) is 6.92 Å². The van der Waals surface area contributed by atoms with Gasteiger partial charge in [0.25, 0.3) is 15.6 Å². The molecule has 2 N–H and O–H groups in total. The Morgan fingerprint density at radius 1 is 0.970 bits per heavy atom. The molecular formula is C24H22N4O4S. The van der Waals surface area contributed by atoms with Crippen LogP contribution in [0.2, 0.25) is 0 Å². The number of nitrogens with one attached hydrogen (secondary N) is 2. The number of aliphatic imine (C=N–C) groups is 1. The van der Waals surface area contributed by atoms with E-state index >= 15 is 0 Å². The van der Waals surface area contributed by atoms with E-state index in [1.54, 1.807) is 50.4 Å². The zero-order valence-corrected chi connectivity index (χ0v) is 18.8. The summed E-state index contributed by atoms with van der Waals surface area (Å²) in [6.07, 6.45) is 1.48. The van der Waals surface area contributed by atoms with Crippen molar-refractivity contribution in [1.29, 1.82) is 0 Å². The highest BCUT2D eigenvalue weighted by molar-refractivity contribution is 7.92. The fraction of sp³-hybridized carbons (Fsp3) is 0.0833. The summed E-state index contributed by atoms with van der Waals surface area (Å²) in [5, 5.41) is 3.04. The van der Waals surface area contributed by atoms with Gasteiger partial charge < -0.3 is 4.74 Å². The van der Waals surface area contributed by atoms with Crippen LogP contribution in [0.4, 0.5) is 11.4 Å². The van der Waals surface area contributed by atoms with Gasteiger partial charge in [-0.2, -0.15) is 0 Å². The van der Waals surface area contributed by atoms with Gasteiger partial charge in [0.05, 0.1) is 28.9 Å². The molecule has 1 aromatic heterocycles. The van der Waals surface area contributed by atoms with E-state index in [0.717, 1.165) is 5.69 Å². The predicted molar refractivity (Wildman–Crippen MR) is 129 cm³/mol. The number of benzene rings is 3. The molecule has 0 saturated heterocycles. The van der Waals surface area contributed by atoms with Crippen LogP contribution in [0.1, 0.15) is 11.3 Å². The van der Waals surface area contributed by atoms with Gasteiger partial charge in [-0.1, -0.05) is 18.2 Å². The summed E-state index contributed by atoms with van der Waals surface area (Å²) in [6, 6.07) is 21.9. The Kier molecular flexibility index (Phi) is 6.14. The quantitative estimate of drug-likeness (QED) is 0.405. The summed E-state index contributed by atoms with van der Waals surface area (Å²) in [6.45, 7) is 1.79. The molecule has 0 radical (unpaired) electrons. The van der Waals surface area contributed by atoms with Gasteiger partial charge >= 0.3 is 0 Å². The number of para-hydroxylation sites is 1.